The zero-order chi connectivity index (χ0) is 15.8. The van der Waals surface area contributed by atoms with Crippen LogP contribution in [0.1, 0.15) is 59.8 Å². The third-order valence-electron chi connectivity index (χ3n) is 4.49. The molecule has 1 aliphatic carbocycles. The maximum absolute atomic E-state index is 12.3. The maximum Gasteiger partial charge on any atom is 0.332 e. The fourth-order valence-electron chi connectivity index (χ4n) is 4.25. The van der Waals surface area contributed by atoms with E-state index in [-0.39, 0.29) is 22.8 Å². The first-order valence-corrected chi connectivity index (χ1v) is 7.77. The second kappa shape index (κ2) is 5.59. The van der Waals surface area contributed by atoms with Crippen LogP contribution in [0.3, 0.4) is 0 Å². The highest BCUT2D eigenvalue weighted by atomic mass is 16.5. The zero-order valence-corrected chi connectivity index (χ0v) is 13.4. The highest BCUT2D eigenvalue weighted by molar-refractivity contribution is 5.82. The van der Waals surface area contributed by atoms with Crippen molar-refractivity contribution in [1.82, 2.24) is 5.32 Å². The van der Waals surface area contributed by atoms with Crippen LogP contribution in [-0.2, 0) is 14.3 Å². The van der Waals surface area contributed by atoms with Crippen LogP contribution in [0.25, 0.3) is 0 Å². The van der Waals surface area contributed by atoms with Crippen LogP contribution < -0.4 is 5.32 Å². The van der Waals surface area contributed by atoms with Gasteiger partial charge in [0.2, 0.25) is 5.91 Å². The number of carbonyl (C=O) groups excluding carboxylic acids is 1. The van der Waals surface area contributed by atoms with Crippen LogP contribution in [0.5, 0.6) is 0 Å². The SMILES string of the molecule is CC1(C)CC(NC(=O)[C@@H]2CC[C@H](C(=O)O)O2)CC(C)(C)C1. The Morgan fingerprint density at radius 3 is 2.05 bits per heavy atom. The van der Waals surface area contributed by atoms with Crippen molar-refractivity contribution in [3.05, 3.63) is 0 Å². The summed E-state index contributed by atoms with van der Waals surface area (Å²) in [6, 6.07) is 0.142. The number of ether oxygens (including phenoxy) is 1. The first kappa shape index (κ1) is 16.3. The molecule has 0 unspecified atom stereocenters. The molecule has 2 rings (SSSR count). The number of carbonyl (C=O) groups is 2. The van der Waals surface area contributed by atoms with Gasteiger partial charge in [-0.25, -0.2) is 4.79 Å². The Morgan fingerprint density at radius 1 is 1.05 bits per heavy atom. The molecule has 0 radical (unpaired) electrons. The number of carboxylic acids is 1. The fourth-order valence-corrected chi connectivity index (χ4v) is 4.25. The van der Waals surface area contributed by atoms with Gasteiger partial charge in [-0.1, -0.05) is 27.7 Å². The molecule has 1 saturated heterocycles. The largest absolute Gasteiger partial charge is 0.479 e. The van der Waals surface area contributed by atoms with Gasteiger partial charge in [0.1, 0.15) is 6.10 Å². The molecule has 21 heavy (non-hydrogen) atoms. The lowest BCUT2D eigenvalue weighted by molar-refractivity contribution is -0.152. The Kier molecular flexibility index (Phi) is 4.34. The molecular formula is C16H27NO4. The minimum absolute atomic E-state index is 0.142. The average molecular weight is 297 g/mol. The number of aliphatic carboxylic acids is 1. The topological polar surface area (TPSA) is 75.6 Å². The molecule has 2 N–H and O–H groups in total. The van der Waals surface area contributed by atoms with E-state index in [1.54, 1.807) is 0 Å². The highest BCUT2D eigenvalue weighted by Crippen LogP contribution is 2.45. The molecule has 0 aromatic heterocycles. The number of nitrogens with one attached hydrogen (secondary N) is 1. The summed E-state index contributed by atoms with van der Waals surface area (Å²) in [6.07, 6.45) is 2.51. The molecule has 1 heterocycles. The molecule has 0 aromatic rings. The number of hydrogen-bond donors (Lipinski definition) is 2. The summed E-state index contributed by atoms with van der Waals surface area (Å²) in [4.78, 5) is 23.1. The second-order valence-corrected chi connectivity index (χ2v) is 8.15. The van der Waals surface area contributed by atoms with Crippen molar-refractivity contribution in [3.63, 3.8) is 0 Å². The molecule has 2 fully saturated rings. The molecular weight excluding hydrogens is 270 g/mol. The lowest BCUT2D eigenvalue weighted by Gasteiger charge is -2.45. The Bertz CT molecular complexity index is 414. The van der Waals surface area contributed by atoms with E-state index in [9.17, 15) is 9.59 Å². The Labute approximate surface area is 126 Å². The molecule has 1 saturated carbocycles. The van der Waals surface area contributed by atoms with Gasteiger partial charge in [0.05, 0.1) is 0 Å². The smallest absolute Gasteiger partial charge is 0.332 e. The highest BCUT2D eigenvalue weighted by Gasteiger charge is 2.41. The van der Waals surface area contributed by atoms with Crippen molar-refractivity contribution in [2.75, 3.05) is 0 Å². The van der Waals surface area contributed by atoms with E-state index in [2.05, 4.69) is 33.0 Å². The normalized spacial score (nSPS) is 31.8. The lowest BCUT2D eigenvalue weighted by Crippen LogP contribution is -2.48. The third kappa shape index (κ3) is 4.19. The van der Waals surface area contributed by atoms with Crippen molar-refractivity contribution in [3.8, 4) is 0 Å². The van der Waals surface area contributed by atoms with Gasteiger partial charge < -0.3 is 15.2 Å². The molecule has 1 amide bonds. The van der Waals surface area contributed by atoms with E-state index >= 15 is 0 Å². The number of rotatable bonds is 3. The second-order valence-electron chi connectivity index (χ2n) is 8.15. The predicted molar refractivity (Wildman–Crippen MR) is 78.9 cm³/mol. The predicted octanol–water partition coefficient (Wildman–Crippen LogP) is 2.34. The van der Waals surface area contributed by atoms with E-state index in [4.69, 9.17) is 9.84 Å². The fraction of sp³-hybridized carbons (Fsp3) is 0.875. The van der Waals surface area contributed by atoms with Crippen LogP contribution in [0.4, 0.5) is 0 Å². The standard InChI is InChI=1S/C16H27NO4/c1-15(2)7-10(8-16(3,4)9-15)17-13(18)11-5-6-12(21-11)14(19)20/h10-12H,5-9H2,1-4H3,(H,17,18)(H,19,20)/t11-,12+/m0/s1. The first-order valence-electron chi connectivity index (χ1n) is 7.77. The van der Waals surface area contributed by atoms with Crippen LogP contribution in [-0.4, -0.2) is 35.2 Å². The molecule has 0 spiro atoms. The van der Waals surface area contributed by atoms with Gasteiger partial charge in [0.15, 0.2) is 6.10 Å². The summed E-state index contributed by atoms with van der Waals surface area (Å²) in [5.74, 6) is -1.14. The molecule has 2 atom stereocenters. The minimum atomic E-state index is -0.981. The van der Waals surface area contributed by atoms with Crippen LogP contribution in [0.15, 0.2) is 0 Å². The summed E-state index contributed by atoms with van der Waals surface area (Å²) < 4.78 is 5.32. The molecule has 0 bridgehead atoms. The van der Waals surface area contributed by atoms with Crippen molar-refractivity contribution < 1.29 is 19.4 Å². The van der Waals surface area contributed by atoms with Gasteiger partial charge >= 0.3 is 5.97 Å². The van der Waals surface area contributed by atoms with Crippen molar-refractivity contribution >= 4 is 11.9 Å². The molecule has 5 heteroatoms. The summed E-state index contributed by atoms with van der Waals surface area (Å²) in [5, 5.41) is 12.0. The number of carboxylic acid groups (broad SMARTS) is 1. The third-order valence-corrected chi connectivity index (χ3v) is 4.49. The molecule has 5 nitrogen and oxygen atoms in total. The quantitative estimate of drug-likeness (QED) is 0.838. The minimum Gasteiger partial charge on any atom is -0.479 e. The van der Waals surface area contributed by atoms with E-state index < -0.39 is 18.2 Å². The molecule has 1 aliphatic heterocycles. The van der Waals surface area contributed by atoms with Crippen LogP contribution in [0, 0.1) is 10.8 Å². The van der Waals surface area contributed by atoms with Gasteiger partial charge in [-0.15, -0.1) is 0 Å². The summed E-state index contributed by atoms with van der Waals surface area (Å²) in [7, 11) is 0. The average Bonchev–Trinajstić information content (AvgIpc) is 2.72. The van der Waals surface area contributed by atoms with Crippen LogP contribution in [0.2, 0.25) is 0 Å². The first-order chi connectivity index (χ1) is 9.58. The van der Waals surface area contributed by atoms with Crippen molar-refractivity contribution in [1.29, 1.82) is 0 Å². The van der Waals surface area contributed by atoms with Gasteiger partial charge in [0.25, 0.3) is 0 Å². The van der Waals surface area contributed by atoms with Crippen molar-refractivity contribution in [2.24, 2.45) is 10.8 Å². The van der Waals surface area contributed by atoms with Gasteiger partial charge in [-0.3, -0.25) is 4.79 Å². The lowest BCUT2D eigenvalue weighted by atomic mass is 9.63. The van der Waals surface area contributed by atoms with Gasteiger partial charge in [-0.05, 0) is 42.9 Å². The van der Waals surface area contributed by atoms with E-state index in [0.717, 1.165) is 19.3 Å². The Hall–Kier alpha value is -1.10. The molecule has 0 aromatic carbocycles. The Balaban J connectivity index is 1.92. The maximum atomic E-state index is 12.3. The molecule has 2 aliphatic rings. The van der Waals surface area contributed by atoms with Crippen molar-refractivity contribution in [2.45, 2.75) is 78.0 Å². The molecule has 120 valence electrons. The van der Waals surface area contributed by atoms with Gasteiger partial charge in [0, 0.05) is 6.04 Å². The number of amides is 1. The summed E-state index contributed by atoms with van der Waals surface area (Å²) in [5.41, 5.74) is 0.416. The van der Waals surface area contributed by atoms with E-state index in [1.165, 1.54) is 0 Å². The van der Waals surface area contributed by atoms with Crippen LogP contribution >= 0.6 is 0 Å². The summed E-state index contributed by atoms with van der Waals surface area (Å²) >= 11 is 0. The summed E-state index contributed by atoms with van der Waals surface area (Å²) in [6.45, 7) is 8.94. The van der Waals surface area contributed by atoms with E-state index in [1.807, 2.05) is 0 Å². The van der Waals surface area contributed by atoms with Gasteiger partial charge in [-0.2, -0.15) is 0 Å². The number of hydrogen-bond acceptors (Lipinski definition) is 3. The Morgan fingerprint density at radius 2 is 1.57 bits per heavy atom. The van der Waals surface area contributed by atoms with E-state index in [0.29, 0.717) is 12.8 Å². The monoisotopic (exact) mass is 297 g/mol. The zero-order valence-electron chi connectivity index (χ0n) is 13.4.